The molecule has 0 heterocycles. The Morgan fingerprint density at radius 2 is 2.25 bits per heavy atom. The second-order valence-electron chi connectivity index (χ2n) is 1.25. The van der Waals surface area contributed by atoms with Gasteiger partial charge >= 0.3 is 0 Å². The molecule has 0 saturated carbocycles. The fourth-order valence-electron chi connectivity index (χ4n) is 0.269. The molecule has 0 spiro atoms. The summed E-state index contributed by atoms with van der Waals surface area (Å²) in [6.07, 6.45) is 1.77. The smallest absolute Gasteiger partial charge is 0.0317 e. The van der Waals surface area contributed by atoms with Crippen molar-refractivity contribution >= 4 is 24.2 Å². The van der Waals surface area contributed by atoms with Gasteiger partial charge in [0.15, 0.2) is 0 Å². The van der Waals surface area contributed by atoms with Crippen LogP contribution in [0.15, 0.2) is 12.7 Å². The van der Waals surface area contributed by atoms with E-state index in [1.807, 2.05) is 6.92 Å². The molecule has 0 aromatic carbocycles. The summed E-state index contributed by atoms with van der Waals surface area (Å²) in [7, 11) is 0. The predicted octanol–water partition coefficient (Wildman–Crippen LogP) is 2.07. The monoisotopic (exact) mass is 155 g/mol. The molecule has 0 aliphatic carbocycles. The summed E-state index contributed by atoms with van der Waals surface area (Å²) in [5.41, 5.74) is 0. The Kier molecular flexibility index (Phi) is 10.1. The van der Waals surface area contributed by atoms with Gasteiger partial charge in [-0.15, -0.1) is 19.0 Å². The number of hydrogen-bond donors (Lipinski definition) is 0. The van der Waals surface area contributed by atoms with Crippen LogP contribution in [-0.2, 0) is 0 Å². The molecule has 0 unspecified atom stereocenters. The molecule has 0 aromatic rings. The van der Waals surface area contributed by atoms with Crippen molar-refractivity contribution in [1.29, 1.82) is 0 Å². The highest BCUT2D eigenvalue weighted by atomic mass is 35.5. The lowest BCUT2D eigenvalue weighted by molar-refractivity contribution is 0.532. The van der Waals surface area contributed by atoms with E-state index in [1.165, 1.54) is 0 Å². The topological polar surface area (TPSA) is 3.24 Å². The fraction of sp³-hybridized carbons (Fsp3) is 0.600. The summed E-state index contributed by atoms with van der Waals surface area (Å²) in [4.78, 5) is 0. The number of hydrogen-bond acceptors (Lipinski definition) is 1. The average molecular weight is 156 g/mol. The Hall–Kier alpha value is 0.280. The molecule has 1 nitrogen and oxygen atoms in total. The van der Waals surface area contributed by atoms with E-state index in [1.54, 1.807) is 10.5 Å². The van der Waals surface area contributed by atoms with Crippen molar-refractivity contribution in [3.63, 3.8) is 0 Å². The third-order valence-corrected chi connectivity index (χ3v) is 1.05. The van der Waals surface area contributed by atoms with Crippen molar-refractivity contribution in [3.05, 3.63) is 12.7 Å². The Balaban J connectivity index is 0. The average Bonchev–Trinajstić information content (AvgIpc) is 1.68. The number of nitrogens with zero attached hydrogens (tertiary/aromatic N) is 1. The van der Waals surface area contributed by atoms with E-state index in [0.29, 0.717) is 0 Å². The highest BCUT2D eigenvalue weighted by Gasteiger charge is 1.87. The van der Waals surface area contributed by atoms with Gasteiger partial charge < -0.3 is 0 Å². The first kappa shape index (κ1) is 11.1. The van der Waals surface area contributed by atoms with E-state index in [-0.39, 0.29) is 12.4 Å². The molecule has 8 heavy (non-hydrogen) atoms. The summed E-state index contributed by atoms with van der Waals surface area (Å²) >= 11 is 5.53. The maximum absolute atomic E-state index is 5.53. The summed E-state index contributed by atoms with van der Waals surface area (Å²) in [6, 6.07) is 0. The molecule has 0 amide bonds. The summed E-state index contributed by atoms with van der Waals surface area (Å²) in [5.74, 6) is 0. The van der Waals surface area contributed by atoms with E-state index in [4.69, 9.17) is 11.8 Å². The molecule has 0 fully saturated rings. The van der Waals surface area contributed by atoms with Crippen LogP contribution in [0.25, 0.3) is 0 Å². The molecule has 3 heteroatoms. The second kappa shape index (κ2) is 7.28. The quantitative estimate of drug-likeness (QED) is 0.446. The second-order valence-corrected chi connectivity index (χ2v) is 1.73. The lowest BCUT2D eigenvalue weighted by Gasteiger charge is -2.04. The molecule has 0 radical (unpaired) electrons. The summed E-state index contributed by atoms with van der Waals surface area (Å²) in [6.45, 7) is 7.15. The van der Waals surface area contributed by atoms with Gasteiger partial charge in [-0.25, -0.2) is 4.42 Å². The van der Waals surface area contributed by atoms with Crippen LogP contribution in [0, 0.1) is 0 Å². The minimum absolute atomic E-state index is 0. The molecule has 50 valence electrons. The van der Waals surface area contributed by atoms with Crippen LogP contribution < -0.4 is 0 Å². The lowest BCUT2D eigenvalue weighted by Crippen LogP contribution is -2.09. The van der Waals surface area contributed by atoms with Gasteiger partial charge in [0.25, 0.3) is 0 Å². The maximum Gasteiger partial charge on any atom is 0.0317 e. The van der Waals surface area contributed by atoms with Gasteiger partial charge in [-0.3, -0.25) is 0 Å². The first-order chi connectivity index (χ1) is 3.31. The summed E-state index contributed by atoms with van der Waals surface area (Å²) < 4.78 is 1.66. The van der Waals surface area contributed by atoms with Gasteiger partial charge in [0.05, 0.1) is 0 Å². The first-order valence-electron chi connectivity index (χ1n) is 2.33. The third kappa shape index (κ3) is 6.28. The molecular weight excluding hydrogens is 145 g/mol. The van der Waals surface area contributed by atoms with Crippen molar-refractivity contribution in [3.8, 4) is 0 Å². The van der Waals surface area contributed by atoms with Crippen LogP contribution in [0.4, 0.5) is 0 Å². The van der Waals surface area contributed by atoms with Crippen LogP contribution in [-0.4, -0.2) is 17.5 Å². The zero-order valence-electron chi connectivity index (χ0n) is 4.93. The number of halogens is 2. The lowest BCUT2D eigenvalue weighted by atomic mass is 10.6. The Morgan fingerprint density at radius 3 is 2.38 bits per heavy atom. The molecule has 0 N–H and O–H groups in total. The van der Waals surface area contributed by atoms with Crippen molar-refractivity contribution in [2.45, 2.75) is 6.92 Å². The number of likely N-dealkylation sites (N-methyl/N-ethyl adjacent to an activating group) is 1. The molecular formula is C5H11Cl2N. The largest absolute Gasteiger partial charge is 0.217 e. The summed E-state index contributed by atoms with van der Waals surface area (Å²) in [5, 5.41) is 0. The van der Waals surface area contributed by atoms with Crippen LogP contribution >= 0.6 is 24.2 Å². The van der Waals surface area contributed by atoms with Crippen molar-refractivity contribution in [1.82, 2.24) is 4.42 Å². The maximum atomic E-state index is 5.53. The fourth-order valence-corrected chi connectivity index (χ4v) is 0.367. The van der Waals surface area contributed by atoms with Crippen molar-refractivity contribution in [2.75, 3.05) is 13.1 Å². The molecule has 0 aromatic heterocycles. The molecule has 0 rings (SSSR count). The zero-order chi connectivity index (χ0) is 5.70. The third-order valence-electron chi connectivity index (χ3n) is 0.670. The molecule has 0 atom stereocenters. The van der Waals surface area contributed by atoms with E-state index in [9.17, 15) is 0 Å². The van der Waals surface area contributed by atoms with Crippen LogP contribution in [0.3, 0.4) is 0 Å². The van der Waals surface area contributed by atoms with Crippen LogP contribution in [0.5, 0.6) is 0 Å². The molecule has 0 bridgehead atoms. The van der Waals surface area contributed by atoms with Gasteiger partial charge in [0, 0.05) is 13.1 Å². The van der Waals surface area contributed by atoms with Gasteiger partial charge in [-0.2, -0.15) is 0 Å². The first-order valence-corrected chi connectivity index (χ1v) is 2.66. The van der Waals surface area contributed by atoms with Gasteiger partial charge in [-0.05, 0) is 11.8 Å². The van der Waals surface area contributed by atoms with Crippen LogP contribution in [0.2, 0.25) is 0 Å². The Morgan fingerprint density at radius 1 is 1.75 bits per heavy atom. The molecule has 0 aliphatic heterocycles. The minimum Gasteiger partial charge on any atom is -0.217 e. The normalized spacial score (nSPS) is 8.38. The van der Waals surface area contributed by atoms with E-state index in [0.717, 1.165) is 13.1 Å². The predicted molar refractivity (Wildman–Crippen MR) is 40.5 cm³/mol. The van der Waals surface area contributed by atoms with Gasteiger partial charge in [0.1, 0.15) is 0 Å². The zero-order valence-corrected chi connectivity index (χ0v) is 6.50. The van der Waals surface area contributed by atoms with Gasteiger partial charge in [0.2, 0.25) is 0 Å². The SMILES string of the molecule is C=CCN(Cl)CC.Cl. The highest BCUT2D eigenvalue weighted by Crippen LogP contribution is 1.89. The standard InChI is InChI=1S/C5H10ClN.ClH/c1-3-5-7(6)4-2;/h3H,1,4-5H2,2H3;1H. The van der Waals surface area contributed by atoms with E-state index in [2.05, 4.69) is 6.58 Å². The molecule has 0 saturated heterocycles. The van der Waals surface area contributed by atoms with Gasteiger partial charge in [-0.1, -0.05) is 13.0 Å². The molecule has 0 aliphatic rings. The highest BCUT2D eigenvalue weighted by molar-refractivity contribution is 6.13. The minimum atomic E-state index is 0. The van der Waals surface area contributed by atoms with Crippen molar-refractivity contribution < 1.29 is 0 Å². The van der Waals surface area contributed by atoms with E-state index < -0.39 is 0 Å². The van der Waals surface area contributed by atoms with E-state index >= 15 is 0 Å². The Labute approximate surface area is 61.8 Å². The van der Waals surface area contributed by atoms with Crippen LogP contribution in [0.1, 0.15) is 6.92 Å². The number of rotatable bonds is 3. The Bertz CT molecular complexity index is 56.4. The van der Waals surface area contributed by atoms with Crippen molar-refractivity contribution in [2.24, 2.45) is 0 Å².